The van der Waals surface area contributed by atoms with Crippen LogP contribution in [0.5, 0.6) is 0 Å². The van der Waals surface area contributed by atoms with E-state index in [1.165, 1.54) is 18.5 Å². The highest BCUT2D eigenvalue weighted by molar-refractivity contribution is 6.34. The minimum absolute atomic E-state index is 0.00477. The van der Waals surface area contributed by atoms with Gasteiger partial charge in [0.2, 0.25) is 5.91 Å². The van der Waals surface area contributed by atoms with Crippen molar-refractivity contribution in [1.82, 2.24) is 20.2 Å². The minimum atomic E-state index is -0.495. The molecule has 1 aromatic carbocycles. The van der Waals surface area contributed by atoms with Gasteiger partial charge in [0.25, 0.3) is 11.8 Å². The summed E-state index contributed by atoms with van der Waals surface area (Å²) in [5.74, 6) is -1.05. The molecular formula is C25H27ClFN5O4. The number of ether oxygens (including phenoxy) is 1. The average molecular weight is 516 g/mol. The van der Waals surface area contributed by atoms with E-state index in [0.717, 1.165) is 0 Å². The van der Waals surface area contributed by atoms with Crippen molar-refractivity contribution in [2.75, 3.05) is 37.7 Å². The van der Waals surface area contributed by atoms with Crippen molar-refractivity contribution in [3.05, 3.63) is 46.8 Å². The molecule has 3 aliphatic heterocycles. The van der Waals surface area contributed by atoms with E-state index in [1.54, 1.807) is 15.9 Å². The van der Waals surface area contributed by atoms with Crippen molar-refractivity contribution in [1.29, 1.82) is 0 Å². The van der Waals surface area contributed by atoms with Crippen LogP contribution in [0.25, 0.3) is 0 Å². The third-order valence-corrected chi connectivity index (χ3v) is 8.52. The highest BCUT2D eigenvalue weighted by Gasteiger charge is 2.52. The summed E-state index contributed by atoms with van der Waals surface area (Å²) >= 11 is 6.20. The Hall–Kier alpha value is -2.98. The summed E-state index contributed by atoms with van der Waals surface area (Å²) in [6.45, 7) is 3.14. The number of nitrogens with one attached hydrogen (secondary N) is 2. The molecule has 6 rings (SSSR count). The van der Waals surface area contributed by atoms with Crippen LogP contribution in [0.1, 0.15) is 53.1 Å². The van der Waals surface area contributed by atoms with Gasteiger partial charge in [-0.15, -0.1) is 0 Å². The summed E-state index contributed by atoms with van der Waals surface area (Å²) in [5.41, 5.74) is 0.424. The van der Waals surface area contributed by atoms with Crippen molar-refractivity contribution in [2.24, 2.45) is 10.8 Å². The standard InChI is InChI=1S/C25H27ClFN5O4/c26-17-9-15(27)1-2-18(17)32-8-7-25(23(32)35)5-3-16(4-6-25)30-21(33)19-20(29-14-28-19)22(34)31-10-24(11-31)12-36-13-24/h1-2,9,14,16H,3-8,10-13H2,(H,28,29)(H,30,33). The lowest BCUT2D eigenvalue weighted by Gasteiger charge is -2.54. The Balaban J connectivity index is 1.06. The fourth-order valence-corrected chi connectivity index (χ4v) is 6.32. The van der Waals surface area contributed by atoms with Crippen molar-refractivity contribution >= 4 is 35.0 Å². The van der Waals surface area contributed by atoms with Gasteiger partial charge < -0.3 is 24.8 Å². The number of halogens is 2. The molecule has 1 aromatic heterocycles. The van der Waals surface area contributed by atoms with E-state index in [0.29, 0.717) is 70.6 Å². The number of hydrogen-bond acceptors (Lipinski definition) is 5. The first kappa shape index (κ1) is 23.4. The largest absolute Gasteiger partial charge is 0.380 e. The number of carbonyl (C=O) groups excluding carboxylic acids is 3. The molecule has 4 fully saturated rings. The van der Waals surface area contributed by atoms with Crippen molar-refractivity contribution in [3.63, 3.8) is 0 Å². The van der Waals surface area contributed by atoms with E-state index in [2.05, 4.69) is 15.3 Å². The number of likely N-dealkylation sites (tertiary alicyclic amines) is 1. The lowest BCUT2D eigenvalue weighted by molar-refractivity contribution is -0.176. The smallest absolute Gasteiger partial charge is 0.272 e. The normalized spacial score (nSPS) is 26.7. The van der Waals surface area contributed by atoms with E-state index in [-0.39, 0.29) is 45.6 Å². The zero-order chi connectivity index (χ0) is 25.1. The van der Waals surface area contributed by atoms with E-state index < -0.39 is 11.2 Å². The summed E-state index contributed by atoms with van der Waals surface area (Å²) in [5, 5.41) is 3.23. The first-order valence-electron chi connectivity index (χ1n) is 12.3. The van der Waals surface area contributed by atoms with Crippen LogP contribution < -0.4 is 10.2 Å². The van der Waals surface area contributed by atoms with Crippen LogP contribution in [0.2, 0.25) is 5.02 Å². The minimum Gasteiger partial charge on any atom is -0.380 e. The predicted octanol–water partition coefficient (Wildman–Crippen LogP) is 2.77. The summed E-state index contributed by atoms with van der Waals surface area (Å²) in [6, 6.07) is 3.96. The topological polar surface area (TPSA) is 108 Å². The van der Waals surface area contributed by atoms with Gasteiger partial charge in [-0.1, -0.05) is 11.6 Å². The molecule has 1 aliphatic carbocycles. The third-order valence-electron chi connectivity index (χ3n) is 8.22. The lowest BCUT2D eigenvalue weighted by atomic mass is 9.71. The van der Waals surface area contributed by atoms with E-state index in [4.69, 9.17) is 16.3 Å². The number of benzene rings is 1. The lowest BCUT2D eigenvalue weighted by Crippen LogP contribution is -2.67. The number of aromatic nitrogens is 2. The van der Waals surface area contributed by atoms with Crippen molar-refractivity contribution in [3.8, 4) is 0 Å². The molecule has 4 aliphatic rings. The average Bonchev–Trinajstić information content (AvgIpc) is 3.40. The molecule has 0 bridgehead atoms. The first-order chi connectivity index (χ1) is 17.3. The molecule has 36 heavy (non-hydrogen) atoms. The number of amides is 3. The molecule has 2 N–H and O–H groups in total. The maximum absolute atomic E-state index is 13.5. The van der Waals surface area contributed by atoms with Crippen LogP contribution in [0.15, 0.2) is 24.5 Å². The van der Waals surface area contributed by atoms with E-state index in [1.807, 2.05) is 0 Å². The summed E-state index contributed by atoms with van der Waals surface area (Å²) in [6.07, 6.45) is 4.62. The molecule has 3 saturated heterocycles. The molecule has 2 spiro atoms. The van der Waals surface area contributed by atoms with E-state index in [9.17, 15) is 18.8 Å². The Morgan fingerprint density at radius 3 is 2.61 bits per heavy atom. The Kier molecular flexibility index (Phi) is 5.56. The first-order valence-corrected chi connectivity index (χ1v) is 12.7. The maximum Gasteiger partial charge on any atom is 0.272 e. The van der Waals surface area contributed by atoms with Gasteiger partial charge in [0.1, 0.15) is 11.5 Å². The van der Waals surface area contributed by atoms with Gasteiger partial charge >= 0.3 is 0 Å². The molecule has 190 valence electrons. The summed E-state index contributed by atoms with van der Waals surface area (Å²) in [4.78, 5) is 49.5. The molecule has 3 amide bonds. The van der Waals surface area contributed by atoms with Gasteiger partial charge in [-0.05, 0) is 50.3 Å². The zero-order valence-corrected chi connectivity index (χ0v) is 20.4. The molecule has 0 radical (unpaired) electrons. The molecule has 2 aromatic rings. The number of carbonyl (C=O) groups is 3. The van der Waals surface area contributed by atoms with Crippen LogP contribution in [-0.2, 0) is 9.53 Å². The van der Waals surface area contributed by atoms with Gasteiger partial charge in [-0.3, -0.25) is 14.4 Å². The molecule has 11 heteroatoms. The number of nitrogens with zero attached hydrogens (tertiary/aromatic N) is 3. The van der Waals surface area contributed by atoms with Gasteiger partial charge in [0.05, 0.1) is 41.1 Å². The molecule has 1 saturated carbocycles. The molecule has 0 atom stereocenters. The van der Waals surface area contributed by atoms with Gasteiger partial charge in [-0.25, -0.2) is 9.37 Å². The van der Waals surface area contributed by atoms with E-state index >= 15 is 0 Å². The molecular weight excluding hydrogens is 489 g/mol. The highest BCUT2D eigenvalue weighted by Crippen LogP contribution is 2.47. The Morgan fingerprint density at radius 2 is 1.94 bits per heavy atom. The van der Waals surface area contributed by atoms with Crippen LogP contribution in [0.4, 0.5) is 10.1 Å². The van der Waals surface area contributed by atoms with Gasteiger partial charge in [-0.2, -0.15) is 0 Å². The highest BCUT2D eigenvalue weighted by atomic mass is 35.5. The number of hydrogen-bond donors (Lipinski definition) is 2. The third kappa shape index (κ3) is 3.78. The number of H-pyrrole nitrogens is 1. The number of rotatable bonds is 4. The van der Waals surface area contributed by atoms with Gasteiger partial charge in [0, 0.05) is 25.7 Å². The number of imidazole rings is 1. The van der Waals surface area contributed by atoms with Crippen molar-refractivity contribution < 1.29 is 23.5 Å². The second-order valence-electron chi connectivity index (χ2n) is 10.6. The molecule has 9 nitrogen and oxygen atoms in total. The zero-order valence-electron chi connectivity index (χ0n) is 19.7. The van der Waals surface area contributed by atoms with Crippen molar-refractivity contribution in [2.45, 2.75) is 38.1 Å². The second-order valence-corrected chi connectivity index (χ2v) is 11.0. The molecule has 4 heterocycles. The van der Waals surface area contributed by atoms with Crippen LogP contribution in [-0.4, -0.2) is 71.5 Å². The number of anilines is 1. The Morgan fingerprint density at radius 1 is 1.19 bits per heavy atom. The Labute approximate surface area is 212 Å². The summed E-state index contributed by atoms with van der Waals surface area (Å²) in [7, 11) is 0. The SMILES string of the molecule is O=C(NC1CCC2(CC1)CCN(c1ccc(F)cc1Cl)C2=O)c1nc[nH]c1C(=O)N1CC2(COC2)C1. The maximum atomic E-state index is 13.5. The predicted molar refractivity (Wildman–Crippen MR) is 128 cm³/mol. The van der Waals surface area contributed by atoms with Crippen LogP contribution >= 0.6 is 11.6 Å². The fraction of sp³-hybridized carbons (Fsp3) is 0.520. The van der Waals surface area contributed by atoms with Gasteiger partial charge in [0.15, 0.2) is 5.69 Å². The number of aromatic amines is 1. The summed E-state index contributed by atoms with van der Waals surface area (Å²) < 4.78 is 18.7. The Bertz CT molecular complexity index is 1230. The monoisotopic (exact) mass is 515 g/mol. The quantitative estimate of drug-likeness (QED) is 0.651. The second kappa shape index (κ2) is 8.55. The fourth-order valence-electron chi connectivity index (χ4n) is 6.05. The van der Waals surface area contributed by atoms with Crippen LogP contribution in [0.3, 0.4) is 0 Å². The molecule has 0 unspecified atom stereocenters. The van der Waals surface area contributed by atoms with Crippen LogP contribution in [0, 0.1) is 16.6 Å².